The maximum atomic E-state index is 11.6. The van der Waals surface area contributed by atoms with E-state index < -0.39 is 5.91 Å². The minimum Gasteiger partial charge on any atom is -0.455 e. The molecule has 0 bridgehead atoms. The third-order valence-corrected chi connectivity index (χ3v) is 3.70. The Morgan fingerprint density at radius 2 is 2.05 bits per heavy atom. The zero-order chi connectivity index (χ0) is 14.0. The molecule has 1 amide bonds. The molecule has 0 aromatic heterocycles. The number of esters is 1. The summed E-state index contributed by atoms with van der Waals surface area (Å²) in [5, 5.41) is 3.34. The van der Waals surface area contributed by atoms with Gasteiger partial charge in [0.2, 0.25) is 0 Å². The van der Waals surface area contributed by atoms with E-state index in [2.05, 4.69) is 5.32 Å². The molecule has 0 aliphatic heterocycles. The van der Waals surface area contributed by atoms with Crippen LogP contribution in [0.3, 0.4) is 0 Å². The SMILES string of the molecule is CC1CC1C(=O)OCC(=O)Nc1ccc(Cl)c(Cl)c1. The smallest absolute Gasteiger partial charge is 0.309 e. The molecule has 2 unspecified atom stereocenters. The second-order valence-electron chi connectivity index (χ2n) is 4.60. The van der Waals surface area contributed by atoms with Crippen molar-refractivity contribution >= 4 is 40.8 Å². The Balaban J connectivity index is 1.80. The quantitative estimate of drug-likeness (QED) is 0.869. The van der Waals surface area contributed by atoms with Gasteiger partial charge in [-0.05, 0) is 30.5 Å². The van der Waals surface area contributed by atoms with Gasteiger partial charge in [-0.15, -0.1) is 0 Å². The molecule has 1 aromatic carbocycles. The summed E-state index contributed by atoms with van der Waals surface area (Å²) in [5.74, 6) is -0.389. The number of carbonyl (C=O) groups is 2. The number of amides is 1. The summed E-state index contributed by atoms with van der Waals surface area (Å²) in [6.45, 7) is 1.68. The molecule has 1 aliphatic carbocycles. The number of anilines is 1. The molecule has 6 heteroatoms. The van der Waals surface area contributed by atoms with Gasteiger partial charge in [-0.3, -0.25) is 9.59 Å². The van der Waals surface area contributed by atoms with E-state index >= 15 is 0 Å². The lowest BCUT2D eigenvalue weighted by atomic mass is 10.3. The van der Waals surface area contributed by atoms with Gasteiger partial charge >= 0.3 is 5.97 Å². The lowest BCUT2D eigenvalue weighted by Crippen LogP contribution is -2.21. The van der Waals surface area contributed by atoms with E-state index in [-0.39, 0.29) is 18.5 Å². The van der Waals surface area contributed by atoms with Gasteiger partial charge in [-0.25, -0.2) is 0 Å². The molecule has 0 spiro atoms. The predicted molar refractivity (Wildman–Crippen MR) is 73.3 cm³/mol. The molecule has 0 radical (unpaired) electrons. The first-order chi connectivity index (χ1) is 8.97. The Bertz CT molecular complexity index is 519. The molecule has 4 nitrogen and oxygen atoms in total. The number of benzene rings is 1. The number of carbonyl (C=O) groups excluding carboxylic acids is 2. The third-order valence-electron chi connectivity index (χ3n) is 2.96. The first-order valence-electron chi connectivity index (χ1n) is 5.89. The summed E-state index contributed by atoms with van der Waals surface area (Å²) in [5.41, 5.74) is 0.509. The highest BCUT2D eigenvalue weighted by atomic mass is 35.5. The first kappa shape index (κ1) is 14.2. The summed E-state index contributed by atoms with van der Waals surface area (Å²) in [7, 11) is 0. The van der Waals surface area contributed by atoms with E-state index in [1.165, 1.54) is 6.07 Å². The van der Waals surface area contributed by atoms with Crippen LogP contribution in [0.2, 0.25) is 10.0 Å². The normalized spacial score (nSPS) is 20.8. The predicted octanol–water partition coefficient (Wildman–Crippen LogP) is 3.13. The Hall–Kier alpha value is -1.26. The van der Waals surface area contributed by atoms with Gasteiger partial charge in [0, 0.05) is 5.69 Å². The fourth-order valence-electron chi connectivity index (χ4n) is 1.67. The van der Waals surface area contributed by atoms with Crippen molar-refractivity contribution in [2.24, 2.45) is 11.8 Å². The van der Waals surface area contributed by atoms with E-state index in [1.54, 1.807) is 12.1 Å². The zero-order valence-electron chi connectivity index (χ0n) is 10.3. The standard InChI is InChI=1S/C13H13Cl2NO3/c1-7-4-9(7)13(18)19-6-12(17)16-8-2-3-10(14)11(15)5-8/h2-3,5,7,9H,4,6H2,1H3,(H,16,17). The fraction of sp³-hybridized carbons (Fsp3) is 0.385. The summed E-state index contributed by atoms with van der Waals surface area (Å²) in [4.78, 5) is 23.0. The van der Waals surface area contributed by atoms with Gasteiger partial charge in [0.1, 0.15) is 0 Å². The number of halogens is 2. The summed E-state index contributed by atoms with van der Waals surface area (Å²) in [6, 6.07) is 4.74. The lowest BCUT2D eigenvalue weighted by Gasteiger charge is -2.07. The van der Waals surface area contributed by atoms with Crippen molar-refractivity contribution in [3.63, 3.8) is 0 Å². The molecule has 0 heterocycles. The van der Waals surface area contributed by atoms with Crippen LogP contribution in [0.15, 0.2) is 18.2 Å². The molecule has 1 aliphatic rings. The Kier molecular flexibility index (Phi) is 4.32. The maximum absolute atomic E-state index is 11.6. The van der Waals surface area contributed by atoms with E-state index in [1.807, 2.05) is 6.92 Å². The van der Waals surface area contributed by atoms with Gasteiger partial charge in [-0.2, -0.15) is 0 Å². The van der Waals surface area contributed by atoms with Crippen molar-refractivity contribution in [2.45, 2.75) is 13.3 Å². The molecule has 1 saturated carbocycles. The van der Waals surface area contributed by atoms with Crippen molar-refractivity contribution < 1.29 is 14.3 Å². The van der Waals surface area contributed by atoms with Crippen molar-refractivity contribution in [3.05, 3.63) is 28.2 Å². The van der Waals surface area contributed by atoms with Crippen LogP contribution >= 0.6 is 23.2 Å². The average molecular weight is 302 g/mol. The average Bonchev–Trinajstić information content (AvgIpc) is 3.08. The second-order valence-corrected chi connectivity index (χ2v) is 5.42. The van der Waals surface area contributed by atoms with E-state index in [0.717, 1.165) is 6.42 Å². The van der Waals surface area contributed by atoms with Crippen molar-refractivity contribution in [1.29, 1.82) is 0 Å². The fourth-order valence-corrected chi connectivity index (χ4v) is 1.96. The second kappa shape index (κ2) is 5.80. The van der Waals surface area contributed by atoms with Crippen LogP contribution in [0.4, 0.5) is 5.69 Å². The summed E-state index contributed by atoms with van der Waals surface area (Å²) >= 11 is 11.6. The van der Waals surface area contributed by atoms with Gasteiger partial charge in [-0.1, -0.05) is 30.1 Å². The summed E-state index contributed by atoms with van der Waals surface area (Å²) < 4.78 is 4.91. The van der Waals surface area contributed by atoms with Gasteiger partial charge in [0.15, 0.2) is 6.61 Å². The highest BCUT2D eigenvalue weighted by molar-refractivity contribution is 6.42. The minimum atomic E-state index is -0.403. The molecule has 19 heavy (non-hydrogen) atoms. The van der Waals surface area contributed by atoms with Crippen LogP contribution < -0.4 is 5.32 Å². The molecule has 2 rings (SSSR count). The van der Waals surface area contributed by atoms with Crippen LogP contribution in [0.5, 0.6) is 0 Å². The highest BCUT2D eigenvalue weighted by Gasteiger charge is 2.40. The minimum absolute atomic E-state index is 0.0437. The van der Waals surface area contributed by atoms with Gasteiger partial charge in [0.05, 0.1) is 16.0 Å². The molecule has 102 valence electrons. The van der Waals surface area contributed by atoms with Gasteiger partial charge in [0.25, 0.3) is 5.91 Å². The van der Waals surface area contributed by atoms with E-state index in [9.17, 15) is 9.59 Å². The highest BCUT2D eigenvalue weighted by Crippen LogP contribution is 2.38. The van der Waals surface area contributed by atoms with E-state index in [0.29, 0.717) is 21.7 Å². The molecule has 0 saturated heterocycles. The van der Waals surface area contributed by atoms with Crippen LogP contribution in [0.25, 0.3) is 0 Å². The van der Waals surface area contributed by atoms with Crippen LogP contribution in [0.1, 0.15) is 13.3 Å². The van der Waals surface area contributed by atoms with Gasteiger partial charge < -0.3 is 10.1 Å². The zero-order valence-corrected chi connectivity index (χ0v) is 11.8. The van der Waals surface area contributed by atoms with Crippen molar-refractivity contribution in [2.75, 3.05) is 11.9 Å². The van der Waals surface area contributed by atoms with Crippen LogP contribution in [-0.4, -0.2) is 18.5 Å². The summed E-state index contributed by atoms with van der Waals surface area (Å²) in [6.07, 6.45) is 0.841. The number of nitrogens with one attached hydrogen (secondary N) is 1. The van der Waals surface area contributed by atoms with Crippen LogP contribution in [-0.2, 0) is 14.3 Å². The molecule has 1 fully saturated rings. The Morgan fingerprint density at radius 3 is 2.63 bits per heavy atom. The molecular weight excluding hydrogens is 289 g/mol. The maximum Gasteiger partial charge on any atom is 0.309 e. The Morgan fingerprint density at radius 1 is 1.37 bits per heavy atom. The number of hydrogen-bond donors (Lipinski definition) is 1. The lowest BCUT2D eigenvalue weighted by molar-refractivity contribution is -0.148. The topological polar surface area (TPSA) is 55.4 Å². The molecule has 1 aromatic rings. The number of hydrogen-bond acceptors (Lipinski definition) is 3. The van der Waals surface area contributed by atoms with Crippen molar-refractivity contribution in [3.8, 4) is 0 Å². The molecule has 2 atom stereocenters. The monoisotopic (exact) mass is 301 g/mol. The molecular formula is C13H13Cl2NO3. The van der Waals surface area contributed by atoms with Crippen LogP contribution in [0, 0.1) is 11.8 Å². The van der Waals surface area contributed by atoms with E-state index in [4.69, 9.17) is 27.9 Å². The Labute approximate surface area is 121 Å². The number of rotatable bonds is 4. The largest absolute Gasteiger partial charge is 0.455 e. The third kappa shape index (κ3) is 3.85. The first-order valence-corrected chi connectivity index (χ1v) is 6.64. The molecule has 1 N–H and O–H groups in total. The van der Waals surface area contributed by atoms with Crippen molar-refractivity contribution in [1.82, 2.24) is 0 Å². The number of ether oxygens (including phenoxy) is 1.